The second-order valence-electron chi connectivity index (χ2n) is 5.81. The number of hydrogen-bond acceptors (Lipinski definition) is 3. The van der Waals surface area contributed by atoms with E-state index in [2.05, 4.69) is 10.3 Å². The number of carbonyl (C=O) groups excluding carboxylic acids is 2. The molecule has 7 heteroatoms. The van der Waals surface area contributed by atoms with Crippen LogP contribution in [0.25, 0.3) is 5.65 Å². The van der Waals surface area contributed by atoms with Crippen molar-refractivity contribution in [3.8, 4) is 0 Å². The van der Waals surface area contributed by atoms with Crippen molar-refractivity contribution in [2.24, 2.45) is 0 Å². The Labute approximate surface area is 150 Å². The monoisotopic (exact) mass is 354 g/mol. The van der Waals surface area contributed by atoms with Gasteiger partial charge in [0.1, 0.15) is 17.2 Å². The molecule has 2 amide bonds. The van der Waals surface area contributed by atoms with Gasteiger partial charge in [0.25, 0.3) is 5.91 Å². The number of imidazole rings is 1. The van der Waals surface area contributed by atoms with Crippen molar-refractivity contribution < 1.29 is 14.0 Å². The van der Waals surface area contributed by atoms with Crippen molar-refractivity contribution in [2.75, 3.05) is 13.1 Å². The molecule has 0 unspecified atom stereocenters. The molecule has 0 atom stereocenters. The molecule has 0 saturated heterocycles. The summed E-state index contributed by atoms with van der Waals surface area (Å²) in [6.07, 6.45) is 3.46. The molecule has 0 aliphatic heterocycles. The molecule has 1 aromatic carbocycles. The van der Waals surface area contributed by atoms with Crippen molar-refractivity contribution >= 4 is 17.5 Å². The van der Waals surface area contributed by atoms with E-state index in [1.54, 1.807) is 29.7 Å². The van der Waals surface area contributed by atoms with E-state index in [9.17, 15) is 14.0 Å². The highest BCUT2D eigenvalue weighted by atomic mass is 19.1. The molecule has 0 spiro atoms. The molecule has 3 rings (SSSR count). The number of pyridine rings is 1. The van der Waals surface area contributed by atoms with Gasteiger partial charge in [0, 0.05) is 25.5 Å². The van der Waals surface area contributed by atoms with Crippen LogP contribution in [0.1, 0.15) is 23.0 Å². The Morgan fingerprint density at radius 3 is 2.65 bits per heavy atom. The summed E-state index contributed by atoms with van der Waals surface area (Å²) < 4.78 is 14.7. The third-order valence-electron chi connectivity index (χ3n) is 3.99. The minimum absolute atomic E-state index is 0.0651. The minimum atomic E-state index is -0.324. The highest BCUT2D eigenvalue weighted by molar-refractivity contribution is 5.95. The Hall–Kier alpha value is -3.22. The Morgan fingerprint density at radius 2 is 1.96 bits per heavy atom. The average molecular weight is 354 g/mol. The first-order valence-corrected chi connectivity index (χ1v) is 8.31. The fourth-order valence-electron chi connectivity index (χ4n) is 2.56. The molecule has 0 aliphatic rings. The van der Waals surface area contributed by atoms with Crippen molar-refractivity contribution in [1.29, 1.82) is 0 Å². The van der Waals surface area contributed by atoms with E-state index in [0.29, 0.717) is 17.9 Å². The first kappa shape index (κ1) is 17.6. The van der Waals surface area contributed by atoms with Crippen LogP contribution in [0.4, 0.5) is 4.39 Å². The number of aromatic nitrogens is 2. The van der Waals surface area contributed by atoms with Crippen LogP contribution in [0.2, 0.25) is 0 Å². The van der Waals surface area contributed by atoms with E-state index >= 15 is 0 Å². The van der Waals surface area contributed by atoms with E-state index < -0.39 is 0 Å². The van der Waals surface area contributed by atoms with Gasteiger partial charge in [-0.25, -0.2) is 9.37 Å². The Balaban J connectivity index is 1.61. The highest BCUT2D eigenvalue weighted by Gasteiger charge is 2.20. The van der Waals surface area contributed by atoms with Crippen LogP contribution >= 0.6 is 0 Å². The lowest BCUT2D eigenvalue weighted by Crippen LogP contribution is -2.40. The number of rotatable bonds is 6. The van der Waals surface area contributed by atoms with Gasteiger partial charge in [0.15, 0.2) is 0 Å². The van der Waals surface area contributed by atoms with Crippen LogP contribution < -0.4 is 5.32 Å². The van der Waals surface area contributed by atoms with Crippen LogP contribution in [-0.4, -0.2) is 39.2 Å². The SMILES string of the molecule is CCN(CC(=O)NCc1ccc(F)cc1)C(=O)c1cn2ccccc2n1. The topological polar surface area (TPSA) is 66.7 Å². The molecular weight excluding hydrogens is 335 g/mol. The fourth-order valence-corrected chi connectivity index (χ4v) is 2.56. The lowest BCUT2D eigenvalue weighted by molar-refractivity contribution is -0.121. The van der Waals surface area contributed by atoms with Gasteiger partial charge in [-0.2, -0.15) is 0 Å². The second-order valence-corrected chi connectivity index (χ2v) is 5.81. The lowest BCUT2D eigenvalue weighted by Gasteiger charge is -2.19. The summed E-state index contributed by atoms with van der Waals surface area (Å²) in [5.74, 6) is -0.906. The third-order valence-corrected chi connectivity index (χ3v) is 3.99. The lowest BCUT2D eigenvalue weighted by atomic mass is 10.2. The summed E-state index contributed by atoms with van der Waals surface area (Å²) in [6, 6.07) is 11.4. The van der Waals surface area contributed by atoms with Gasteiger partial charge in [0.05, 0.1) is 6.54 Å². The third kappa shape index (κ3) is 4.05. The molecule has 3 aromatic rings. The van der Waals surface area contributed by atoms with Crippen LogP contribution in [-0.2, 0) is 11.3 Å². The molecule has 26 heavy (non-hydrogen) atoms. The maximum atomic E-state index is 12.9. The van der Waals surface area contributed by atoms with Gasteiger partial charge in [-0.15, -0.1) is 0 Å². The number of likely N-dealkylation sites (N-methyl/N-ethyl adjacent to an activating group) is 1. The summed E-state index contributed by atoms with van der Waals surface area (Å²) >= 11 is 0. The highest BCUT2D eigenvalue weighted by Crippen LogP contribution is 2.08. The van der Waals surface area contributed by atoms with Crippen LogP contribution in [0.15, 0.2) is 54.9 Å². The van der Waals surface area contributed by atoms with Gasteiger partial charge >= 0.3 is 0 Å². The summed E-state index contributed by atoms with van der Waals surface area (Å²) in [5, 5.41) is 2.74. The number of fused-ring (bicyclic) bond motifs is 1. The quantitative estimate of drug-likeness (QED) is 0.738. The largest absolute Gasteiger partial charge is 0.350 e. The normalized spacial score (nSPS) is 10.7. The fraction of sp³-hybridized carbons (Fsp3) is 0.211. The number of carbonyl (C=O) groups is 2. The van der Waals surface area contributed by atoms with Gasteiger partial charge in [-0.3, -0.25) is 9.59 Å². The summed E-state index contributed by atoms with van der Waals surface area (Å²) in [6.45, 7) is 2.40. The maximum Gasteiger partial charge on any atom is 0.274 e. The van der Waals surface area contributed by atoms with Crippen molar-refractivity contribution in [2.45, 2.75) is 13.5 Å². The van der Waals surface area contributed by atoms with Gasteiger partial charge in [-0.05, 0) is 36.8 Å². The Kier molecular flexibility index (Phi) is 5.26. The molecule has 6 nitrogen and oxygen atoms in total. The molecule has 0 radical (unpaired) electrons. The zero-order valence-corrected chi connectivity index (χ0v) is 14.4. The van der Waals surface area contributed by atoms with Crippen LogP contribution in [0, 0.1) is 5.82 Å². The minimum Gasteiger partial charge on any atom is -0.350 e. The molecule has 134 valence electrons. The molecule has 2 heterocycles. The standard InChI is InChI=1S/C19H19FN4O2/c1-2-23(13-18(25)21-11-14-6-8-15(20)9-7-14)19(26)16-12-24-10-4-3-5-17(24)22-16/h3-10,12H,2,11,13H2,1H3,(H,21,25). The number of hydrogen-bond donors (Lipinski definition) is 1. The molecule has 0 bridgehead atoms. The predicted octanol–water partition coefficient (Wildman–Crippen LogP) is 2.25. The van der Waals surface area contributed by atoms with Crippen LogP contribution in [0.3, 0.4) is 0 Å². The number of halogens is 1. The Morgan fingerprint density at radius 1 is 1.19 bits per heavy atom. The molecule has 0 aliphatic carbocycles. The first-order chi connectivity index (χ1) is 12.6. The first-order valence-electron chi connectivity index (χ1n) is 8.31. The smallest absolute Gasteiger partial charge is 0.274 e. The van der Waals surface area contributed by atoms with Crippen molar-refractivity contribution in [3.05, 3.63) is 71.9 Å². The predicted molar refractivity (Wildman–Crippen MR) is 95.0 cm³/mol. The van der Waals surface area contributed by atoms with E-state index in [0.717, 1.165) is 5.56 Å². The molecule has 0 saturated carbocycles. The van der Waals surface area contributed by atoms with Gasteiger partial charge in [-0.1, -0.05) is 18.2 Å². The zero-order chi connectivity index (χ0) is 18.5. The van der Waals surface area contributed by atoms with E-state index in [1.165, 1.54) is 17.0 Å². The molecule has 2 aromatic heterocycles. The number of nitrogens with zero attached hydrogens (tertiary/aromatic N) is 3. The van der Waals surface area contributed by atoms with E-state index in [4.69, 9.17) is 0 Å². The van der Waals surface area contributed by atoms with Gasteiger partial charge < -0.3 is 14.6 Å². The summed E-state index contributed by atoms with van der Waals surface area (Å²) in [4.78, 5) is 30.5. The van der Waals surface area contributed by atoms with Gasteiger partial charge in [0.2, 0.25) is 5.91 Å². The number of amides is 2. The molecule has 1 N–H and O–H groups in total. The summed E-state index contributed by atoms with van der Waals surface area (Å²) in [5.41, 5.74) is 1.76. The van der Waals surface area contributed by atoms with Crippen LogP contribution in [0.5, 0.6) is 0 Å². The van der Waals surface area contributed by atoms with E-state index in [-0.39, 0.29) is 30.7 Å². The zero-order valence-electron chi connectivity index (χ0n) is 14.4. The van der Waals surface area contributed by atoms with Crippen molar-refractivity contribution in [1.82, 2.24) is 19.6 Å². The van der Waals surface area contributed by atoms with E-state index in [1.807, 2.05) is 24.4 Å². The molecular formula is C19H19FN4O2. The maximum absolute atomic E-state index is 12.9. The number of nitrogens with one attached hydrogen (secondary N) is 1. The number of benzene rings is 1. The van der Waals surface area contributed by atoms with Crippen molar-refractivity contribution in [3.63, 3.8) is 0 Å². The summed E-state index contributed by atoms with van der Waals surface area (Å²) in [7, 11) is 0. The average Bonchev–Trinajstić information content (AvgIpc) is 3.09. The molecule has 0 fully saturated rings. The Bertz CT molecular complexity index is 888. The second kappa shape index (κ2) is 7.77.